The normalized spacial score (nSPS) is 17.9. The average molecular weight is 309 g/mol. The van der Waals surface area contributed by atoms with Gasteiger partial charge in [-0.25, -0.2) is 4.98 Å². The molecule has 1 aliphatic heterocycles. The molecule has 0 N–H and O–H groups in total. The molecule has 4 nitrogen and oxygen atoms in total. The Balaban J connectivity index is 1.63. The van der Waals surface area contributed by atoms with E-state index in [-0.39, 0.29) is 6.04 Å². The third-order valence-electron chi connectivity index (χ3n) is 4.43. The molecule has 1 aromatic carbocycles. The minimum absolute atomic E-state index is 0.0763. The number of nitriles is 1. The summed E-state index contributed by atoms with van der Waals surface area (Å²) in [5.41, 5.74) is 2.25. The molecule has 2 aromatic rings. The summed E-state index contributed by atoms with van der Waals surface area (Å²) in [5.74, 6) is 1.58. The van der Waals surface area contributed by atoms with Gasteiger partial charge < -0.3 is 9.32 Å². The first-order valence-electron chi connectivity index (χ1n) is 8.44. The van der Waals surface area contributed by atoms with Crippen LogP contribution in [0.15, 0.2) is 34.7 Å². The highest BCUT2D eigenvalue weighted by Gasteiger charge is 2.27. The van der Waals surface area contributed by atoms with Gasteiger partial charge >= 0.3 is 0 Å². The number of anilines is 1. The van der Waals surface area contributed by atoms with Crippen LogP contribution in [0.4, 0.5) is 5.88 Å². The van der Waals surface area contributed by atoms with Crippen molar-refractivity contribution in [3.05, 3.63) is 47.5 Å². The zero-order chi connectivity index (χ0) is 16.1. The zero-order valence-electron chi connectivity index (χ0n) is 13.7. The number of piperidine rings is 1. The molecule has 1 unspecified atom stereocenters. The molecule has 1 aromatic heterocycles. The summed E-state index contributed by atoms with van der Waals surface area (Å²) in [6.45, 7) is 2.86. The number of oxazole rings is 1. The van der Waals surface area contributed by atoms with Crippen molar-refractivity contribution < 1.29 is 4.42 Å². The third-order valence-corrected chi connectivity index (χ3v) is 4.43. The van der Waals surface area contributed by atoms with Gasteiger partial charge in [0.2, 0.25) is 5.88 Å². The largest absolute Gasteiger partial charge is 0.425 e. The minimum atomic E-state index is -0.0763. The summed E-state index contributed by atoms with van der Waals surface area (Å²) in [6, 6.07) is 12.8. The van der Waals surface area contributed by atoms with Crippen LogP contribution in [-0.2, 0) is 12.8 Å². The molecule has 1 atom stereocenters. The van der Waals surface area contributed by atoms with Crippen molar-refractivity contribution in [2.24, 2.45) is 0 Å². The Morgan fingerprint density at radius 3 is 2.87 bits per heavy atom. The summed E-state index contributed by atoms with van der Waals surface area (Å²) < 4.78 is 5.99. The monoisotopic (exact) mass is 309 g/mol. The zero-order valence-corrected chi connectivity index (χ0v) is 13.7. The molecule has 0 bridgehead atoms. The van der Waals surface area contributed by atoms with Gasteiger partial charge in [-0.15, -0.1) is 0 Å². The van der Waals surface area contributed by atoms with E-state index >= 15 is 0 Å². The Kier molecular flexibility index (Phi) is 4.97. The van der Waals surface area contributed by atoms with E-state index in [0.717, 1.165) is 62.5 Å². The van der Waals surface area contributed by atoms with Crippen LogP contribution in [0.25, 0.3) is 0 Å². The van der Waals surface area contributed by atoms with Gasteiger partial charge in [-0.2, -0.15) is 5.26 Å². The van der Waals surface area contributed by atoms with Gasteiger partial charge in [0.05, 0.1) is 6.07 Å². The summed E-state index contributed by atoms with van der Waals surface area (Å²) >= 11 is 0. The van der Waals surface area contributed by atoms with Gasteiger partial charge in [-0.1, -0.05) is 30.3 Å². The van der Waals surface area contributed by atoms with Crippen LogP contribution >= 0.6 is 0 Å². The van der Waals surface area contributed by atoms with Crippen molar-refractivity contribution in [3.8, 4) is 6.07 Å². The van der Waals surface area contributed by atoms with E-state index < -0.39 is 0 Å². The van der Waals surface area contributed by atoms with Crippen molar-refractivity contribution in [2.45, 2.75) is 51.5 Å². The molecule has 2 heterocycles. The Hall–Kier alpha value is -2.28. The van der Waals surface area contributed by atoms with Crippen LogP contribution in [0.1, 0.15) is 42.8 Å². The van der Waals surface area contributed by atoms with E-state index in [0.29, 0.717) is 0 Å². The van der Waals surface area contributed by atoms with E-state index in [2.05, 4.69) is 40.2 Å². The molecule has 23 heavy (non-hydrogen) atoms. The Labute approximate surface area is 137 Å². The molecule has 0 saturated carbocycles. The fraction of sp³-hybridized carbons (Fsp3) is 0.474. The third kappa shape index (κ3) is 3.73. The quantitative estimate of drug-likeness (QED) is 0.836. The van der Waals surface area contributed by atoms with Crippen molar-refractivity contribution in [3.63, 3.8) is 0 Å². The van der Waals surface area contributed by atoms with Crippen molar-refractivity contribution in [2.75, 3.05) is 11.4 Å². The molecular weight excluding hydrogens is 286 g/mol. The summed E-state index contributed by atoms with van der Waals surface area (Å²) in [4.78, 5) is 6.66. The summed E-state index contributed by atoms with van der Waals surface area (Å²) in [6.07, 6.45) is 6.03. The summed E-state index contributed by atoms with van der Waals surface area (Å²) in [5, 5.41) is 9.33. The molecule has 120 valence electrons. The molecule has 0 spiro atoms. The highest BCUT2D eigenvalue weighted by atomic mass is 16.4. The van der Waals surface area contributed by atoms with Crippen LogP contribution in [0.2, 0.25) is 0 Å². The molecule has 0 amide bonds. The van der Waals surface area contributed by atoms with Gasteiger partial charge in [0, 0.05) is 13.0 Å². The maximum absolute atomic E-state index is 9.33. The van der Waals surface area contributed by atoms with Crippen LogP contribution < -0.4 is 4.90 Å². The van der Waals surface area contributed by atoms with Crippen molar-refractivity contribution in [1.29, 1.82) is 5.26 Å². The second-order valence-corrected chi connectivity index (χ2v) is 6.17. The smallest absolute Gasteiger partial charge is 0.220 e. The van der Waals surface area contributed by atoms with Crippen LogP contribution in [0.5, 0.6) is 0 Å². The second kappa shape index (κ2) is 7.32. The lowest BCUT2D eigenvalue weighted by molar-refractivity contribution is 0.439. The molecular formula is C19H23N3O. The molecule has 4 heteroatoms. The van der Waals surface area contributed by atoms with Gasteiger partial charge in [0.1, 0.15) is 11.7 Å². The highest BCUT2D eigenvalue weighted by molar-refractivity contribution is 5.44. The van der Waals surface area contributed by atoms with E-state index in [1.807, 2.05) is 13.0 Å². The highest BCUT2D eigenvalue weighted by Crippen LogP contribution is 2.28. The molecule has 0 radical (unpaired) electrons. The predicted octanol–water partition coefficient (Wildman–Crippen LogP) is 4.04. The predicted molar refractivity (Wildman–Crippen MR) is 90.3 cm³/mol. The number of nitrogens with zero attached hydrogens (tertiary/aromatic N) is 3. The fourth-order valence-electron chi connectivity index (χ4n) is 3.21. The Bertz CT molecular complexity index is 672. The van der Waals surface area contributed by atoms with Crippen LogP contribution in [0.3, 0.4) is 0 Å². The van der Waals surface area contributed by atoms with Crippen LogP contribution in [-0.4, -0.2) is 17.6 Å². The number of rotatable bonds is 5. The number of aromatic nitrogens is 1. The number of hydrogen-bond acceptors (Lipinski definition) is 4. The lowest BCUT2D eigenvalue weighted by atomic mass is 10.0. The minimum Gasteiger partial charge on any atom is -0.425 e. The van der Waals surface area contributed by atoms with Crippen molar-refractivity contribution in [1.82, 2.24) is 4.98 Å². The number of hydrogen-bond donors (Lipinski definition) is 0. The number of aryl methyl sites for hydroxylation is 3. The SMILES string of the molecule is Cc1nc(CCCc2ccccc2)oc1N1CCCCC1C#N. The maximum atomic E-state index is 9.33. The molecule has 1 fully saturated rings. The standard InChI is InChI=1S/C19H23N3O/c1-15-19(22-13-6-5-11-17(22)14-20)23-18(21-15)12-7-10-16-8-3-2-4-9-16/h2-4,8-9,17H,5-7,10-13H2,1H3. The number of benzene rings is 1. The van der Waals surface area contributed by atoms with Gasteiger partial charge in [-0.3, -0.25) is 0 Å². The fourth-order valence-corrected chi connectivity index (χ4v) is 3.21. The van der Waals surface area contributed by atoms with E-state index in [1.54, 1.807) is 0 Å². The van der Waals surface area contributed by atoms with E-state index in [4.69, 9.17) is 4.42 Å². The van der Waals surface area contributed by atoms with Gasteiger partial charge in [-0.05, 0) is 44.6 Å². The summed E-state index contributed by atoms with van der Waals surface area (Å²) in [7, 11) is 0. The van der Waals surface area contributed by atoms with Gasteiger partial charge in [0.15, 0.2) is 5.89 Å². The first-order chi connectivity index (χ1) is 11.3. The molecule has 3 rings (SSSR count). The topological polar surface area (TPSA) is 53.1 Å². The lowest BCUT2D eigenvalue weighted by Gasteiger charge is -2.31. The van der Waals surface area contributed by atoms with E-state index in [1.165, 1.54) is 5.56 Å². The molecule has 0 aliphatic carbocycles. The van der Waals surface area contributed by atoms with Gasteiger partial charge in [0.25, 0.3) is 0 Å². The Morgan fingerprint density at radius 2 is 2.09 bits per heavy atom. The van der Waals surface area contributed by atoms with Crippen LogP contribution in [0, 0.1) is 18.3 Å². The molecule has 1 aliphatic rings. The van der Waals surface area contributed by atoms with Crippen molar-refractivity contribution >= 4 is 5.88 Å². The molecule has 1 saturated heterocycles. The first kappa shape index (κ1) is 15.6. The Morgan fingerprint density at radius 1 is 1.26 bits per heavy atom. The van der Waals surface area contributed by atoms with E-state index in [9.17, 15) is 5.26 Å². The lowest BCUT2D eigenvalue weighted by Crippen LogP contribution is -2.38. The second-order valence-electron chi connectivity index (χ2n) is 6.17. The maximum Gasteiger partial charge on any atom is 0.220 e. The first-order valence-corrected chi connectivity index (χ1v) is 8.44. The average Bonchev–Trinajstić information content (AvgIpc) is 2.96.